The van der Waals surface area contributed by atoms with Gasteiger partial charge in [-0.15, -0.1) is 5.10 Å². The molecule has 6 heteroatoms. The topological polar surface area (TPSA) is 77.2 Å². The van der Waals surface area contributed by atoms with Crippen LogP contribution in [0.2, 0.25) is 0 Å². The molecular formula is C19H25N3O3. The molecule has 2 unspecified atom stereocenters. The summed E-state index contributed by atoms with van der Waals surface area (Å²) in [7, 11) is 0. The van der Waals surface area contributed by atoms with Crippen molar-refractivity contribution in [3.63, 3.8) is 0 Å². The number of nitrogens with zero attached hydrogens (tertiary/aromatic N) is 3. The van der Waals surface area contributed by atoms with Crippen LogP contribution >= 0.6 is 0 Å². The van der Waals surface area contributed by atoms with Gasteiger partial charge in [0.05, 0.1) is 29.6 Å². The third kappa shape index (κ3) is 4.07. The lowest BCUT2D eigenvalue weighted by molar-refractivity contribution is -0.160. The summed E-state index contributed by atoms with van der Waals surface area (Å²) in [4.78, 5) is 11.5. The molecule has 0 bridgehead atoms. The van der Waals surface area contributed by atoms with Gasteiger partial charge in [0.25, 0.3) is 0 Å². The second kappa shape index (κ2) is 7.35. The predicted octanol–water partition coefficient (Wildman–Crippen LogP) is 2.70. The van der Waals surface area contributed by atoms with Gasteiger partial charge >= 0.3 is 5.97 Å². The monoisotopic (exact) mass is 343 g/mol. The molecule has 1 aliphatic heterocycles. The summed E-state index contributed by atoms with van der Waals surface area (Å²) in [6.45, 7) is 6.24. The summed E-state index contributed by atoms with van der Waals surface area (Å²) in [6, 6.07) is 8.16. The fraction of sp³-hybridized carbons (Fsp3) is 0.526. The smallest absolute Gasteiger partial charge is 0.308 e. The zero-order valence-corrected chi connectivity index (χ0v) is 15.0. The van der Waals surface area contributed by atoms with Crippen LogP contribution in [0.4, 0.5) is 0 Å². The van der Waals surface area contributed by atoms with Crippen LogP contribution in [0.15, 0.2) is 24.3 Å². The molecule has 3 rings (SSSR count). The Morgan fingerprint density at radius 3 is 2.68 bits per heavy atom. The number of esters is 1. The van der Waals surface area contributed by atoms with Gasteiger partial charge in [0, 0.05) is 6.42 Å². The van der Waals surface area contributed by atoms with Crippen molar-refractivity contribution in [2.24, 2.45) is 0 Å². The maximum absolute atomic E-state index is 11.5. The molecule has 6 nitrogen and oxygen atoms in total. The first-order valence-corrected chi connectivity index (χ1v) is 8.83. The van der Waals surface area contributed by atoms with Crippen molar-refractivity contribution in [2.75, 3.05) is 0 Å². The van der Waals surface area contributed by atoms with E-state index in [1.165, 1.54) is 5.56 Å². The van der Waals surface area contributed by atoms with Crippen molar-refractivity contribution in [3.8, 4) is 5.69 Å². The molecule has 25 heavy (non-hydrogen) atoms. The normalized spacial score (nSPS) is 20.8. The number of cyclic esters (lactones) is 1. The van der Waals surface area contributed by atoms with Crippen LogP contribution in [-0.4, -0.2) is 38.3 Å². The lowest BCUT2D eigenvalue weighted by atomic mass is 9.98. The van der Waals surface area contributed by atoms with E-state index in [-0.39, 0.29) is 24.4 Å². The van der Waals surface area contributed by atoms with Crippen LogP contribution in [0.3, 0.4) is 0 Å². The van der Waals surface area contributed by atoms with Gasteiger partial charge in [-0.1, -0.05) is 36.8 Å². The minimum atomic E-state index is -0.601. The Morgan fingerprint density at radius 1 is 1.32 bits per heavy atom. The van der Waals surface area contributed by atoms with Crippen LogP contribution < -0.4 is 0 Å². The van der Waals surface area contributed by atoms with Gasteiger partial charge in [-0.3, -0.25) is 4.79 Å². The average molecular weight is 343 g/mol. The van der Waals surface area contributed by atoms with Crippen LogP contribution in [0, 0.1) is 6.92 Å². The number of benzene rings is 1. The zero-order valence-electron chi connectivity index (χ0n) is 15.0. The quantitative estimate of drug-likeness (QED) is 0.845. The van der Waals surface area contributed by atoms with Crippen molar-refractivity contribution < 1.29 is 14.6 Å². The number of aromatic nitrogens is 3. The average Bonchev–Trinajstić information content (AvgIpc) is 2.97. The summed E-state index contributed by atoms with van der Waals surface area (Å²) >= 11 is 0. The molecule has 2 heterocycles. The molecule has 0 spiro atoms. The van der Waals surface area contributed by atoms with E-state index in [1.54, 1.807) is 0 Å². The molecule has 2 atom stereocenters. The summed E-state index contributed by atoms with van der Waals surface area (Å²) in [6.07, 6.45) is 1.08. The number of carbonyl (C=O) groups is 1. The van der Waals surface area contributed by atoms with Gasteiger partial charge in [0.1, 0.15) is 6.10 Å². The number of hydrogen-bond donors (Lipinski definition) is 1. The van der Waals surface area contributed by atoms with Gasteiger partial charge in [0.15, 0.2) is 0 Å². The highest BCUT2D eigenvalue weighted by Gasteiger charge is 2.28. The van der Waals surface area contributed by atoms with E-state index in [0.29, 0.717) is 19.3 Å². The first kappa shape index (κ1) is 17.6. The Bertz CT molecular complexity index is 737. The standard InChI is InChI=1S/C19H25N3O3/c1-12(2)19-17(9-8-16-10-15(23)11-18(24)25-16)22(21-20-19)14-6-4-13(3)5-7-14/h4-7,12,15-16,23H,8-11H2,1-3H3. The molecular weight excluding hydrogens is 318 g/mol. The van der Waals surface area contributed by atoms with Crippen molar-refractivity contribution in [1.29, 1.82) is 0 Å². The number of aryl methyl sites for hydroxylation is 1. The Balaban J connectivity index is 1.82. The molecule has 1 aromatic heterocycles. The lowest BCUT2D eigenvalue weighted by Gasteiger charge is -2.26. The fourth-order valence-corrected chi connectivity index (χ4v) is 3.22. The highest BCUT2D eigenvalue weighted by Crippen LogP contribution is 2.24. The third-order valence-corrected chi connectivity index (χ3v) is 4.56. The van der Waals surface area contributed by atoms with E-state index in [4.69, 9.17) is 4.74 Å². The largest absolute Gasteiger partial charge is 0.462 e. The van der Waals surface area contributed by atoms with Gasteiger partial charge in [-0.2, -0.15) is 0 Å². The molecule has 1 fully saturated rings. The second-order valence-electron chi connectivity index (χ2n) is 7.07. The molecule has 0 amide bonds. The van der Waals surface area contributed by atoms with Crippen molar-refractivity contribution in [3.05, 3.63) is 41.2 Å². The molecule has 1 aromatic carbocycles. The van der Waals surface area contributed by atoms with Crippen LogP contribution in [0.25, 0.3) is 5.69 Å². The van der Waals surface area contributed by atoms with Gasteiger partial charge in [0.2, 0.25) is 0 Å². The summed E-state index contributed by atoms with van der Waals surface area (Å²) in [5, 5.41) is 18.5. The molecule has 134 valence electrons. The Hall–Kier alpha value is -2.21. The highest BCUT2D eigenvalue weighted by molar-refractivity contribution is 5.70. The van der Waals surface area contributed by atoms with E-state index in [1.807, 2.05) is 23.7 Å². The maximum atomic E-state index is 11.5. The van der Waals surface area contributed by atoms with Gasteiger partial charge in [-0.05, 0) is 37.8 Å². The van der Waals surface area contributed by atoms with Crippen molar-refractivity contribution in [1.82, 2.24) is 15.0 Å². The van der Waals surface area contributed by atoms with Crippen LogP contribution in [0.5, 0.6) is 0 Å². The number of carbonyl (C=O) groups excluding carboxylic acids is 1. The van der Waals surface area contributed by atoms with E-state index in [9.17, 15) is 9.90 Å². The number of hydrogen-bond acceptors (Lipinski definition) is 5. The fourth-order valence-electron chi connectivity index (χ4n) is 3.22. The highest BCUT2D eigenvalue weighted by atomic mass is 16.5. The van der Waals surface area contributed by atoms with E-state index in [0.717, 1.165) is 17.1 Å². The maximum Gasteiger partial charge on any atom is 0.308 e. The zero-order chi connectivity index (χ0) is 18.0. The lowest BCUT2D eigenvalue weighted by Crippen LogP contribution is -2.33. The number of rotatable bonds is 5. The molecule has 1 N–H and O–H groups in total. The minimum absolute atomic E-state index is 0.0938. The molecule has 0 aliphatic carbocycles. The predicted molar refractivity (Wildman–Crippen MR) is 93.6 cm³/mol. The molecule has 0 saturated carbocycles. The first-order chi connectivity index (χ1) is 11.9. The van der Waals surface area contributed by atoms with Crippen LogP contribution in [-0.2, 0) is 16.0 Å². The summed E-state index contributed by atoms with van der Waals surface area (Å²) < 4.78 is 7.24. The number of aliphatic hydroxyl groups excluding tert-OH is 1. The molecule has 1 aliphatic rings. The van der Waals surface area contributed by atoms with E-state index in [2.05, 4.69) is 36.3 Å². The third-order valence-electron chi connectivity index (χ3n) is 4.56. The minimum Gasteiger partial charge on any atom is -0.462 e. The number of aliphatic hydroxyl groups is 1. The van der Waals surface area contributed by atoms with Crippen molar-refractivity contribution >= 4 is 5.97 Å². The van der Waals surface area contributed by atoms with Gasteiger partial charge < -0.3 is 9.84 Å². The summed E-state index contributed by atoms with van der Waals surface area (Å²) in [5.74, 6) is -0.0632. The molecule has 0 radical (unpaired) electrons. The van der Waals surface area contributed by atoms with Gasteiger partial charge in [-0.25, -0.2) is 4.68 Å². The Morgan fingerprint density at radius 2 is 2.04 bits per heavy atom. The number of ether oxygens (including phenoxy) is 1. The molecule has 2 aromatic rings. The van der Waals surface area contributed by atoms with E-state index >= 15 is 0 Å². The van der Waals surface area contributed by atoms with E-state index < -0.39 is 6.10 Å². The Labute approximate surface area is 147 Å². The second-order valence-corrected chi connectivity index (χ2v) is 7.07. The molecule has 1 saturated heterocycles. The van der Waals surface area contributed by atoms with Crippen molar-refractivity contribution in [2.45, 2.75) is 64.6 Å². The SMILES string of the molecule is Cc1ccc(-n2nnc(C(C)C)c2CCC2CC(O)CC(=O)O2)cc1. The summed E-state index contributed by atoms with van der Waals surface area (Å²) in [5.41, 5.74) is 4.16. The first-order valence-electron chi connectivity index (χ1n) is 8.83. The Kier molecular flexibility index (Phi) is 5.18. The van der Waals surface area contributed by atoms with Crippen LogP contribution in [0.1, 0.15) is 56.0 Å².